The number of hydrogen-bond donors (Lipinski definition) is 1. The summed E-state index contributed by atoms with van der Waals surface area (Å²) in [5, 5.41) is 9.83. The van der Waals surface area contributed by atoms with Crippen LogP contribution in [0.5, 0.6) is 0 Å². The second kappa shape index (κ2) is 4.30. The zero-order chi connectivity index (χ0) is 9.80. The summed E-state index contributed by atoms with van der Waals surface area (Å²) < 4.78 is 0. The van der Waals surface area contributed by atoms with Gasteiger partial charge in [-0.15, -0.1) is 11.3 Å². The van der Waals surface area contributed by atoms with Crippen LogP contribution in [-0.4, -0.2) is 15.1 Å². The first-order valence-corrected chi connectivity index (χ1v) is 5.19. The quantitative estimate of drug-likeness (QED) is 0.833. The minimum absolute atomic E-state index is 0.482. The smallest absolute Gasteiger partial charge is 0.0853 e. The molecule has 0 aliphatic heterocycles. The normalized spacial score (nSPS) is 12.6. The van der Waals surface area contributed by atoms with Gasteiger partial charge in [0, 0.05) is 29.9 Å². The molecule has 2 rings (SSSR count). The molecule has 2 heterocycles. The Bertz CT molecular complexity index is 374. The molecule has 1 N–H and O–H groups in total. The molecule has 0 spiro atoms. The summed E-state index contributed by atoms with van der Waals surface area (Å²) in [5.41, 5.74) is 2.62. The van der Waals surface area contributed by atoms with E-state index in [1.54, 1.807) is 35.4 Å². The van der Waals surface area contributed by atoms with E-state index in [0.29, 0.717) is 6.42 Å². The van der Waals surface area contributed by atoms with Crippen molar-refractivity contribution >= 4 is 11.3 Å². The number of nitrogens with zero attached hydrogens (tertiary/aromatic N) is 2. The van der Waals surface area contributed by atoms with Gasteiger partial charge in [0.05, 0.1) is 11.6 Å². The van der Waals surface area contributed by atoms with Crippen molar-refractivity contribution in [3.05, 3.63) is 46.7 Å². The molecular formula is C10H10N2OS. The van der Waals surface area contributed by atoms with Crippen LogP contribution >= 0.6 is 11.3 Å². The van der Waals surface area contributed by atoms with Crippen LogP contribution in [0.25, 0.3) is 0 Å². The van der Waals surface area contributed by atoms with Crippen molar-refractivity contribution in [3.63, 3.8) is 0 Å². The molecule has 0 saturated carbocycles. The molecule has 0 aromatic carbocycles. The second-order valence-electron chi connectivity index (χ2n) is 2.97. The van der Waals surface area contributed by atoms with Crippen LogP contribution in [0.1, 0.15) is 16.5 Å². The molecule has 1 atom stereocenters. The Morgan fingerprint density at radius 2 is 2.29 bits per heavy atom. The van der Waals surface area contributed by atoms with Gasteiger partial charge < -0.3 is 5.11 Å². The zero-order valence-electron chi connectivity index (χ0n) is 7.50. The molecular weight excluding hydrogens is 196 g/mol. The van der Waals surface area contributed by atoms with Gasteiger partial charge in [-0.1, -0.05) is 6.07 Å². The average Bonchev–Trinajstić information content (AvgIpc) is 2.72. The van der Waals surface area contributed by atoms with Crippen molar-refractivity contribution in [2.24, 2.45) is 0 Å². The monoisotopic (exact) mass is 206 g/mol. The van der Waals surface area contributed by atoms with Crippen molar-refractivity contribution in [1.82, 2.24) is 9.97 Å². The van der Waals surface area contributed by atoms with Gasteiger partial charge in [0.15, 0.2) is 0 Å². The van der Waals surface area contributed by atoms with Crippen molar-refractivity contribution in [1.29, 1.82) is 0 Å². The molecule has 14 heavy (non-hydrogen) atoms. The molecule has 0 saturated heterocycles. The van der Waals surface area contributed by atoms with Gasteiger partial charge in [-0.05, 0) is 11.6 Å². The van der Waals surface area contributed by atoms with E-state index in [1.807, 2.05) is 12.1 Å². The molecule has 0 fully saturated rings. The van der Waals surface area contributed by atoms with E-state index in [-0.39, 0.29) is 0 Å². The molecule has 3 nitrogen and oxygen atoms in total. The lowest BCUT2D eigenvalue weighted by Gasteiger charge is -2.07. The van der Waals surface area contributed by atoms with Crippen molar-refractivity contribution in [2.45, 2.75) is 12.5 Å². The third kappa shape index (κ3) is 2.16. The minimum Gasteiger partial charge on any atom is -0.388 e. The Labute approximate surface area is 86.1 Å². The summed E-state index contributed by atoms with van der Waals surface area (Å²) in [4.78, 5) is 9.01. The summed E-state index contributed by atoms with van der Waals surface area (Å²) in [6.45, 7) is 0. The van der Waals surface area contributed by atoms with Crippen molar-refractivity contribution in [3.8, 4) is 0 Å². The largest absolute Gasteiger partial charge is 0.388 e. The summed E-state index contributed by atoms with van der Waals surface area (Å²) in [6.07, 6.45) is 5.29. The SMILES string of the molecule is OC(Cc1cncs1)c1cccnc1. The fourth-order valence-electron chi connectivity index (χ4n) is 1.22. The number of hydrogen-bond acceptors (Lipinski definition) is 4. The number of aromatic nitrogens is 2. The lowest BCUT2D eigenvalue weighted by molar-refractivity contribution is 0.179. The number of rotatable bonds is 3. The van der Waals surface area contributed by atoms with Gasteiger partial charge in [-0.3, -0.25) is 9.97 Å². The summed E-state index contributed by atoms with van der Waals surface area (Å²) in [7, 11) is 0. The average molecular weight is 206 g/mol. The van der Waals surface area contributed by atoms with Crippen molar-refractivity contribution in [2.75, 3.05) is 0 Å². The lowest BCUT2D eigenvalue weighted by Crippen LogP contribution is -2.00. The summed E-state index contributed by atoms with van der Waals surface area (Å²) in [5.74, 6) is 0. The standard InChI is InChI=1S/C10H10N2OS/c13-10(4-9-6-12-7-14-9)8-2-1-3-11-5-8/h1-3,5-7,10,13H,4H2. The fraction of sp³-hybridized carbons (Fsp3) is 0.200. The van der Waals surface area contributed by atoms with E-state index < -0.39 is 6.10 Å². The molecule has 1 unspecified atom stereocenters. The number of aliphatic hydroxyl groups excluding tert-OH is 1. The Morgan fingerprint density at radius 3 is 2.93 bits per heavy atom. The number of pyridine rings is 1. The molecule has 0 bridgehead atoms. The maximum absolute atomic E-state index is 9.83. The van der Waals surface area contributed by atoms with Crippen LogP contribution in [-0.2, 0) is 6.42 Å². The topological polar surface area (TPSA) is 46.0 Å². The third-order valence-corrected chi connectivity index (χ3v) is 2.75. The summed E-state index contributed by atoms with van der Waals surface area (Å²) in [6, 6.07) is 3.70. The van der Waals surface area contributed by atoms with E-state index in [0.717, 1.165) is 10.4 Å². The fourth-order valence-corrected chi connectivity index (χ4v) is 1.86. The van der Waals surface area contributed by atoms with Gasteiger partial charge in [-0.2, -0.15) is 0 Å². The van der Waals surface area contributed by atoms with Crippen LogP contribution in [0.15, 0.2) is 36.2 Å². The molecule has 0 amide bonds. The molecule has 0 radical (unpaired) electrons. The summed E-state index contributed by atoms with van der Waals surface area (Å²) >= 11 is 1.55. The predicted octanol–water partition coefficient (Wildman–Crippen LogP) is 1.81. The highest BCUT2D eigenvalue weighted by molar-refractivity contribution is 7.09. The third-order valence-electron chi connectivity index (χ3n) is 1.95. The number of aliphatic hydroxyl groups is 1. The zero-order valence-corrected chi connectivity index (χ0v) is 8.31. The van der Waals surface area contributed by atoms with Gasteiger partial charge >= 0.3 is 0 Å². The van der Waals surface area contributed by atoms with E-state index in [4.69, 9.17) is 0 Å². The molecule has 0 aliphatic rings. The molecule has 2 aromatic rings. The van der Waals surface area contributed by atoms with Crippen molar-refractivity contribution < 1.29 is 5.11 Å². The van der Waals surface area contributed by atoms with E-state index >= 15 is 0 Å². The maximum Gasteiger partial charge on any atom is 0.0853 e. The second-order valence-corrected chi connectivity index (χ2v) is 3.94. The van der Waals surface area contributed by atoms with Crippen LogP contribution in [0.4, 0.5) is 0 Å². The van der Waals surface area contributed by atoms with E-state index in [9.17, 15) is 5.11 Å². The number of thiazole rings is 1. The highest BCUT2D eigenvalue weighted by Crippen LogP contribution is 2.18. The highest BCUT2D eigenvalue weighted by Gasteiger charge is 2.08. The van der Waals surface area contributed by atoms with Crippen LogP contribution in [0, 0.1) is 0 Å². The van der Waals surface area contributed by atoms with Gasteiger partial charge in [0.25, 0.3) is 0 Å². The first-order chi connectivity index (χ1) is 6.86. The Hall–Kier alpha value is -1.26. The predicted molar refractivity (Wildman–Crippen MR) is 55.0 cm³/mol. The Kier molecular flexibility index (Phi) is 2.86. The van der Waals surface area contributed by atoms with E-state index in [2.05, 4.69) is 9.97 Å². The van der Waals surface area contributed by atoms with Gasteiger partial charge in [0.1, 0.15) is 0 Å². The first kappa shape index (κ1) is 9.30. The Morgan fingerprint density at radius 1 is 1.36 bits per heavy atom. The van der Waals surface area contributed by atoms with Crippen LogP contribution in [0.3, 0.4) is 0 Å². The Balaban J connectivity index is 2.07. The minimum atomic E-state index is -0.482. The van der Waals surface area contributed by atoms with Gasteiger partial charge in [0.2, 0.25) is 0 Å². The lowest BCUT2D eigenvalue weighted by atomic mass is 10.1. The molecule has 4 heteroatoms. The highest BCUT2D eigenvalue weighted by atomic mass is 32.1. The van der Waals surface area contributed by atoms with Crippen LogP contribution < -0.4 is 0 Å². The van der Waals surface area contributed by atoms with Gasteiger partial charge in [-0.25, -0.2) is 0 Å². The molecule has 2 aromatic heterocycles. The molecule has 0 aliphatic carbocycles. The van der Waals surface area contributed by atoms with Crippen LogP contribution in [0.2, 0.25) is 0 Å². The first-order valence-electron chi connectivity index (χ1n) is 4.31. The van der Waals surface area contributed by atoms with E-state index in [1.165, 1.54) is 0 Å². The molecule has 72 valence electrons. The maximum atomic E-state index is 9.83.